The molecule has 6 heteroatoms. The molecule has 0 radical (unpaired) electrons. The van der Waals surface area contributed by atoms with E-state index in [-0.39, 0.29) is 24.7 Å². The zero-order chi connectivity index (χ0) is 18.7. The van der Waals surface area contributed by atoms with Gasteiger partial charge >= 0.3 is 0 Å². The molecule has 1 heterocycles. The highest BCUT2D eigenvalue weighted by Crippen LogP contribution is 2.33. The summed E-state index contributed by atoms with van der Waals surface area (Å²) in [6, 6.07) is 10.7. The maximum Gasteiger partial charge on any atom is 0.231 e. The number of ether oxygens (including phenoxy) is 2. The van der Waals surface area contributed by atoms with Crippen molar-refractivity contribution in [2.45, 2.75) is 38.5 Å². The summed E-state index contributed by atoms with van der Waals surface area (Å²) < 4.78 is 10.7. The quantitative estimate of drug-likeness (QED) is 0.606. The number of aliphatic hydroxyl groups excluding tert-OH is 2. The summed E-state index contributed by atoms with van der Waals surface area (Å²) in [5.74, 6) is 1.56. The Morgan fingerprint density at radius 2 is 1.88 bits per heavy atom. The van der Waals surface area contributed by atoms with Crippen LogP contribution in [0.2, 0.25) is 0 Å². The van der Waals surface area contributed by atoms with Crippen molar-refractivity contribution in [2.75, 3.05) is 13.3 Å². The summed E-state index contributed by atoms with van der Waals surface area (Å²) in [6.07, 6.45) is 0.0188. The predicted octanol–water partition coefficient (Wildman–Crippen LogP) is 2.26. The lowest BCUT2D eigenvalue weighted by atomic mass is 9.94. The standard InChI is InChI=1S/C20H25NO5/c1-20(2,9-13-3-6-18-19(7-13)26-12-25-18)21-10-17(24)14-4-5-16(23)15(8-14)11-22/h3-8,17,21-24H,9-12H2,1-2H3. The molecule has 1 unspecified atom stereocenters. The number of aliphatic hydroxyl groups is 2. The van der Waals surface area contributed by atoms with Gasteiger partial charge in [-0.15, -0.1) is 0 Å². The van der Waals surface area contributed by atoms with E-state index in [2.05, 4.69) is 19.2 Å². The third-order valence-corrected chi connectivity index (χ3v) is 4.52. The first-order valence-corrected chi connectivity index (χ1v) is 8.62. The molecular formula is C20H25NO5. The molecule has 0 fully saturated rings. The number of rotatable bonds is 7. The zero-order valence-electron chi connectivity index (χ0n) is 15.0. The van der Waals surface area contributed by atoms with Gasteiger partial charge in [-0.05, 0) is 55.7 Å². The molecule has 0 bridgehead atoms. The van der Waals surface area contributed by atoms with E-state index in [9.17, 15) is 15.3 Å². The summed E-state index contributed by atoms with van der Waals surface area (Å²) in [5.41, 5.74) is 1.93. The molecule has 0 amide bonds. The Hall–Kier alpha value is -2.28. The van der Waals surface area contributed by atoms with Gasteiger partial charge in [-0.1, -0.05) is 12.1 Å². The Morgan fingerprint density at radius 3 is 2.65 bits per heavy atom. The van der Waals surface area contributed by atoms with Crippen LogP contribution in [0.15, 0.2) is 36.4 Å². The second kappa shape index (κ2) is 7.53. The molecule has 0 aliphatic carbocycles. The first-order chi connectivity index (χ1) is 12.4. The van der Waals surface area contributed by atoms with Gasteiger partial charge in [0.2, 0.25) is 6.79 Å². The summed E-state index contributed by atoms with van der Waals surface area (Å²) in [4.78, 5) is 0. The maximum absolute atomic E-state index is 10.4. The molecule has 2 aromatic carbocycles. The van der Waals surface area contributed by atoms with E-state index in [1.165, 1.54) is 6.07 Å². The molecule has 0 saturated carbocycles. The third-order valence-electron chi connectivity index (χ3n) is 4.52. The van der Waals surface area contributed by atoms with Gasteiger partial charge in [-0.2, -0.15) is 0 Å². The second-order valence-corrected chi connectivity index (χ2v) is 7.19. The topological polar surface area (TPSA) is 91.2 Å². The molecule has 26 heavy (non-hydrogen) atoms. The lowest BCUT2D eigenvalue weighted by Crippen LogP contribution is -2.43. The van der Waals surface area contributed by atoms with Crippen LogP contribution in [0.4, 0.5) is 0 Å². The third kappa shape index (κ3) is 4.27. The largest absolute Gasteiger partial charge is 0.508 e. The summed E-state index contributed by atoms with van der Waals surface area (Å²) in [6.45, 7) is 4.48. The van der Waals surface area contributed by atoms with E-state index in [0.717, 1.165) is 23.5 Å². The van der Waals surface area contributed by atoms with Gasteiger partial charge < -0.3 is 30.1 Å². The van der Waals surface area contributed by atoms with Crippen LogP contribution in [-0.2, 0) is 13.0 Å². The number of β-amino-alcohol motifs (C(OH)–C–C–N with tert-alkyl or cyclic N) is 1. The van der Waals surface area contributed by atoms with E-state index in [1.807, 2.05) is 18.2 Å². The fourth-order valence-corrected chi connectivity index (χ4v) is 3.05. The lowest BCUT2D eigenvalue weighted by molar-refractivity contribution is 0.160. The minimum Gasteiger partial charge on any atom is -0.508 e. The van der Waals surface area contributed by atoms with E-state index in [1.54, 1.807) is 12.1 Å². The van der Waals surface area contributed by atoms with Crippen molar-refractivity contribution in [3.05, 3.63) is 53.1 Å². The molecule has 1 aliphatic rings. The van der Waals surface area contributed by atoms with Crippen LogP contribution in [0.1, 0.15) is 36.6 Å². The van der Waals surface area contributed by atoms with E-state index >= 15 is 0 Å². The highest BCUT2D eigenvalue weighted by atomic mass is 16.7. The first kappa shape index (κ1) is 18.5. The number of phenols is 1. The molecule has 6 nitrogen and oxygen atoms in total. The van der Waals surface area contributed by atoms with Gasteiger partial charge in [-0.3, -0.25) is 0 Å². The highest BCUT2D eigenvalue weighted by molar-refractivity contribution is 5.44. The maximum atomic E-state index is 10.4. The minimum absolute atomic E-state index is 0.0274. The Morgan fingerprint density at radius 1 is 1.12 bits per heavy atom. The summed E-state index contributed by atoms with van der Waals surface area (Å²) in [7, 11) is 0. The Balaban J connectivity index is 1.60. The van der Waals surface area contributed by atoms with Crippen molar-refractivity contribution in [1.82, 2.24) is 5.32 Å². The van der Waals surface area contributed by atoms with Crippen LogP contribution in [0.3, 0.4) is 0 Å². The Kier molecular flexibility index (Phi) is 5.36. The van der Waals surface area contributed by atoms with Gasteiger partial charge in [-0.25, -0.2) is 0 Å². The van der Waals surface area contributed by atoms with E-state index in [0.29, 0.717) is 17.7 Å². The number of aromatic hydroxyl groups is 1. The number of hydrogen-bond acceptors (Lipinski definition) is 6. The molecule has 2 aromatic rings. The Bertz CT molecular complexity index is 775. The second-order valence-electron chi connectivity index (χ2n) is 7.19. The molecule has 0 saturated heterocycles. The lowest BCUT2D eigenvalue weighted by Gasteiger charge is -2.28. The van der Waals surface area contributed by atoms with Gasteiger partial charge in [0.05, 0.1) is 12.7 Å². The highest BCUT2D eigenvalue weighted by Gasteiger charge is 2.22. The van der Waals surface area contributed by atoms with Crippen molar-refractivity contribution in [3.8, 4) is 17.2 Å². The van der Waals surface area contributed by atoms with Gasteiger partial charge in [0, 0.05) is 17.6 Å². The van der Waals surface area contributed by atoms with Gasteiger partial charge in [0.15, 0.2) is 11.5 Å². The molecule has 3 rings (SSSR count). The van der Waals surface area contributed by atoms with Gasteiger partial charge in [0.25, 0.3) is 0 Å². The monoisotopic (exact) mass is 359 g/mol. The zero-order valence-corrected chi connectivity index (χ0v) is 15.0. The van der Waals surface area contributed by atoms with Crippen LogP contribution in [-0.4, -0.2) is 34.2 Å². The summed E-state index contributed by atoms with van der Waals surface area (Å²) in [5, 5.41) is 32.7. The van der Waals surface area contributed by atoms with Crippen molar-refractivity contribution < 1.29 is 24.8 Å². The van der Waals surface area contributed by atoms with Crippen LogP contribution in [0.25, 0.3) is 0 Å². The van der Waals surface area contributed by atoms with Crippen molar-refractivity contribution >= 4 is 0 Å². The van der Waals surface area contributed by atoms with Crippen molar-refractivity contribution in [3.63, 3.8) is 0 Å². The van der Waals surface area contributed by atoms with Gasteiger partial charge in [0.1, 0.15) is 5.75 Å². The molecule has 0 spiro atoms. The molecule has 4 N–H and O–H groups in total. The molecule has 140 valence electrons. The number of nitrogens with one attached hydrogen (secondary N) is 1. The summed E-state index contributed by atoms with van der Waals surface area (Å²) >= 11 is 0. The molecule has 0 aromatic heterocycles. The molecule has 1 atom stereocenters. The average molecular weight is 359 g/mol. The SMILES string of the molecule is CC(C)(Cc1ccc2c(c1)OCO2)NCC(O)c1ccc(O)c(CO)c1. The number of benzene rings is 2. The first-order valence-electron chi connectivity index (χ1n) is 8.62. The van der Waals surface area contributed by atoms with Crippen LogP contribution in [0, 0.1) is 0 Å². The smallest absolute Gasteiger partial charge is 0.231 e. The van der Waals surface area contributed by atoms with Crippen molar-refractivity contribution in [1.29, 1.82) is 0 Å². The molecular weight excluding hydrogens is 334 g/mol. The van der Waals surface area contributed by atoms with Crippen molar-refractivity contribution in [2.24, 2.45) is 0 Å². The van der Waals surface area contributed by atoms with Crippen LogP contribution in [0.5, 0.6) is 17.2 Å². The van der Waals surface area contributed by atoms with E-state index in [4.69, 9.17) is 9.47 Å². The van der Waals surface area contributed by atoms with Crippen LogP contribution >= 0.6 is 0 Å². The van der Waals surface area contributed by atoms with Crippen LogP contribution < -0.4 is 14.8 Å². The number of fused-ring (bicyclic) bond motifs is 1. The fourth-order valence-electron chi connectivity index (χ4n) is 3.05. The normalized spacial score (nSPS) is 14.5. The predicted molar refractivity (Wildman–Crippen MR) is 97.3 cm³/mol. The average Bonchev–Trinajstić information content (AvgIpc) is 3.07. The number of hydrogen-bond donors (Lipinski definition) is 4. The fraction of sp³-hybridized carbons (Fsp3) is 0.400. The Labute approximate surface area is 153 Å². The minimum atomic E-state index is -0.739. The molecule has 1 aliphatic heterocycles. The van der Waals surface area contributed by atoms with E-state index < -0.39 is 6.10 Å².